The van der Waals surface area contributed by atoms with Gasteiger partial charge in [0.05, 0.1) is 0 Å². The molecule has 0 atom stereocenters. The molecule has 0 fully saturated rings. The maximum absolute atomic E-state index is 5.11. The fourth-order valence-corrected chi connectivity index (χ4v) is 0.780. The van der Waals surface area contributed by atoms with Crippen LogP contribution in [0.2, 0.25) is 0 Å². The van der Waals surface area contributed by atoms with Gasteiger partial charge in [0.25, 0.3) is 0 Å². The third-order valence-corrected chi connectivity index (χ3v) is 1.17. The molecule has 0 spiro atoms. The molecule has 0 rings (SSSR count). The van der Waals surface area contributed by atoms with Gasteiger partial charge in [-0.15, -0.1) is 0 Å². The Balaban J connectivity index is 3.83. The van der Waals surface area contributed by atoms with E-state index in [9.17, 15) is 0 Å². The van der Waals surface area contributed by atoms with Crippen molar-refractivity contribution >= 4 is 0 Å². The summed E-state index contributed by atoms with van der Waals surface area (Å²) in [4.78, 5) is 0. The second-order valence-corrected chi connectivity index (χ2v) is 2.69. The molecule has 2 heteroatoms. The van der Waals surface area contributed by atoms with Gasteiger partial charge in [0.15, 0.2) is 0 Å². The van der Waals surface area contributed by atoms with Gasteiger partial charge < -0.3 is 5.43 Å². The van der Waals surface area contributed by atoms with Gasteiger partial charge in [-0.3, -0.25) is 5.84 Å². The number of nitrogens with one attached hydrogen (secondary N) is 1. The van der Waals surface area contributed by atoms with Crippen LogP contribution in [0.5, 0.6) is 0 Å². The number of hydrogen-bond donors (Lipinski definition) is 2. The lowest BCUT2D eigenvalue weighted by atomic mass is 10.0. The van der Waals surface area contributed by atoms with Crippen LogP contribution < -0.4 is 11.3 Å². The Bertz CT molecular complexity index is 125. The van der Waals surface area contributed by atoms with Crippen LogP contribution in [0, 0.1) is 5.92 Å². The van der Waals surface area contributed by atoms with Crippen molar-refractivity contribution in [2.75, 3.05) is 0 Å². The van der Waals surface area contributed by atoms with E-state index in [0.717, 1.165) is 12.0 Å². The molecule has 0 aromatic heterocycles. The summed E-state index contributed by atoms with van der Waals surface area (Å²) >= 11 is 0. The Kier molecular flexibility index (Phi) is 4.67. The molecule has 0 saturated carbocycles. The lowest BCUT2D eigenvalue weighted by Crippen LogP contribution is -2.14. The smallest absolute Gasteiger partial charge is 0.0155 e. The van der Waals surface area contributed by atoms with Crippen LogP contribution in [0.25, 0.3) is 0 Å². The summed E-state index contributed by atoms with van der Waals surface area (Å²) in [5.74, 6) is 5.76. The summed E-state index contributed by atoms with van der Waals surface area (Å²) in [5.41, 5.74) is 3.64. The average molecular weight is 140 g/mol. The predicted molar refractivity (Wildman–Crippen MR) is 45.1 cm³/mol. The predicted octanol–water partition coefficient (Wildman–Crippen LogP) is 1.57. The molecule has 10 heavy (non-hydrogen) atoms. The zero-order valence-corrected chi connectivity index (χ0v) is 6.72. The third kappa shape index (κ3) is 4.15. The van der Waals surface area contributed by atoms with Gasteiger partial charge in [0, 0.05) is 6.20 Å². The van der Waals surface area contributed by atoms with Gasteiger partial charge in [-0.2, -0.15) is 0 Å². The molecule has 0 bridgehead atoms. The van der Waals surface area contributed by atoms with Crippen LogP contribution in [-0.4, -0.2) is 0 Å². The lowest BCUT2D eigenvalue weighted by Gasteiger charge is -2.04. The molecule has 0 aromatic rings. The van der Waals surface area contributed by atoms with Gasteiger partial charge in [-0.05, 0) is 17.9 Å². The molecule has 0 aliphatic carbocycles. The van der Waals surface area contributed by atoms with Crippen LogP contribution in [0.1, 0.15) is 20.3 Å². The van der Waals surface area contributed by atoms with Crippen molar-refractivity contribution in [3.05, 3.63) is 24.4 Å². The SMILES string of the molecule is C=C/C(=C\NN)CC(C)C. The minimum absolute atomic E-state index is 0.651. The first-order valence-corrected chi connectivity index (χ1v) is 3.48. The Hall–Kier alpha value is -0.760. The average Bonchev–Trinajstić information content (AvgIpc) is 1.86. The van der Waals surface area contributed by atoms with Gasteiger partial charge in [0.1, 0.15) is 0 Å². The topological polar surface area (TPSA) is 38.0 Å². The highest BCUT2D eigenvalue weighted by Crippen LogP contribution is 2.09. The first-order valence-electron chi connectivity index (χ1n) is 3.48. The van der Waals surface area contributed by atoms with Crippen molar-refractivity contribution in [2.24, 2.45) is 11.8 Å². The van der Waals surface area contributed by atoms with Gasteiger partial charge in [-0.25, -0.2) is 0 Å². The third-order valence-electron chi connectivity index (χ3n) is 1.17. The number of allylic oxidation sites excluding steroid dienone is 2. The second-order valence-electron chi connectivity index (χ2n) is 2.69. The standard InChI is InChI=1S/C8H16N2/c1-4-8(6-10-9)5-7(2)3/h4,6-7,10H,1,5,9H2,2-3H3/b8-6+. The summed E-state index contributed by atoms with van der Waals surface area (Å²) in [7, 11) is 0. The van der Waals surface area contributed by atoms with E-state index in [1.165, 1.54) is 0 Å². The largest absolute Gasteiger partial charge is 0.331 e. The molecule has 0 aliphatic rings. The Morgan fingerprint density at radius 3 is 2.60 bits per heavy atom. The number of hydrogen-bond acceptors (Lipinski definition) is 2. The van der Waals surface area contributed by atoms with E-state index in [-0.39, 0.29) is 0 Å². The van der Waals surface area contributed by atoms with E-state index in [1.54, 1.807) is 6.20 Å². The second kappa shape index (κ2) is 5.06. The fraction of sp³-hybridized carbons (Fsp3) is 0.500. The molecule has 0 aromatic carbocycles. The molecule has 58 valence electrons. The summed E-state index contributed by atoms with van der Waals surface area (Å²) in [6.45, 7) is 7.99. The van der Waals surface area contributed by atoms with Crippen molar-refractivity contribution < 1.29 is 0 Å². The first kappa shape index (κ1) is 9.24. The van der Waals surface area contributed by atoms with E-state index in [2.05, 4.69) is 25.9 Å². The van der Waals surface area contributed by atoms with Gasteiger partial charge in [0.2, 0.25) is 0 Å². The summed E-state index contributed by atoms with van der Waals surface area (Å²) in [5, 5.41) is 0. The van der Waals surface area contributed by atoms with Crippen LogP contribution in [0.4, 0.5) is 0 Å². The number of rotatable bonds is 4. The van der Waals surface area contributed by atoms with E-state index in [0.29, 0.717) is 5.92 Å². The molecule has 0 saturated heterocycles. The molecule has 2 nitrogen and oxygen atoms in total. The van der Waals surface area contributed by atoms with Gasteiger partial charge in [-0.1, -0.05) is 26.5 Å². The van der Waals surface area contributed by atoms with Crippen molar-refractivity contribution in [1.29, 1.82) is 0 Å². The summed E-state index contributed by atoms with van der Waals surface area (Å²) in [6.07, 6.45) is 4.61. The van der Waals surface area contributed by atoms with Crippen molar-refractivity contribution in [3.63, 3.8) is 0 Å². The zero-order chi connectivity index (χ0) is 7.98. The molecule has 3 N–H and O–H groups in total. The van der Waals surface area contributed by atoms with E-state index in [4.69, 9.17) is 5.84 Å². The summed E-state index contributed by atoms with van der Waals surface area (Å²) in [6, 6.07) is 0. The van der Waals surface area contributed by atoms with Crippen LogP contribution in [0.15, 0.2) is 24.4 Å². The Labute approximate surface area is 62.8 Å². The Morgan fingerprint density at radius 1 is 1.70 bits per heavy atom. The zero-order valence-electron chi connectivity index (χ0n) is 6.72. The first-order chi connectivity index (χ1) is 4.70. The van der Waals surface area contributed by atoms with E-state index in [1.807, 2.05) is 6.08 Å². The van der Waals surface area contributed by atoms with E-state index < -0.39 is 0 Å². The molecule has 0 amide bonds. The van der Waals surface area contributed by atoms with Crippen molar-refractivity contribution in [3.8, 4) is 0 Å². The maximum atomic E-state index is 5.11. The quantitative estimate of drug-likeness (QED) is 0.353. The van der Waals surface area contributed by atoms with Crippen LogP contribution in [-0.2, 0) is 0 Å². The van der Waals surface area contributed by atoms with Crippen molar-refractivity contribution in [1.82, 2.24) is 5.43 Å². The van der Waals surface area contributed by atoms with E-state index >= 15 is 0 Å². The molecular formula is C8H16N2. The van der Waals surface area contributed by atoms with Crippen LogP contribution in [0.3, 0.4) is 0 Å². The lowest BCUT2D eigenvalue weighted by molar-refractivity contribution is 0.646. The van der Waals surface area contributed by atoms with Crippen LogP contribution >= 0.6 is 0 Å². The number of nitrogens with two attached hydrogens (primary N) is 1. The van der Waals surface area contributed by atoms with Crippen molar-refractivity contribution in [2.45, 2.75) is 20.3 Å². The summed E-state index contributed by atoms with van der Waals surface area (Å²) < 4.78 is 0. The molecular weight excluding hydrogens is 124 g/mol. The Morgan fingerprint density at radius 2 is 2.30 bits per heavy atom. The number of hydrazine groups is 1. The molecule has 0 aliphatic heterocycles. The maximum Gasteiger partial charge on any atom is 0.0155 e. The highest BCUT2D eigenvalue weighted by molar-refractivity contribution is 5.14. The minimum atomic E-state index is 0.651. The molecule has 0 unspecified atom stereocenters. The van der Waals surface area contributed by atoms with Gasteiger partial charge >= 0.3 is 0 Å². The fourth-order valence-electron chi connectivity index (χ4n) is 0.780. The molecule has 0 radical (unpaired) electrons. The normalized spacial score (nSPS) is 11.8. The highest BCUT2D eigenvalue weighted by atomic mass is 15.2. The minimum Gasteiger partial charge on any atom is -0.331 e. The molecule has 0 heterocycles. The highest BCUT2D eigenvalue weighted by Gasteiger charge is 1.95. The monoisotopic (exact) mass is 140 g/mol.